The van der Waals surface area contributed by atoms with Crippen LogP contribution in [0.2, 0.25) is 0 Å². The summed E-state index contributed by atoms with van der Waals surface area (Å²) < 4.78 is 6.50. The van der Waals surface area contributed by atoms with E-state index in [0.717, 1.165) is 0 Å². The molecule has 142 valence electrons. The van der Waals surface area contributed by atoms with Gasteiger partial charge in [0.05, 0.1) is 5.52 Å². The topological polar surface area (TPSA) is 82.2 Å². The van der Waals surface area contributed by atoms with Gasteiger partial charge in [0.1, 0.15) is 16.8 Å². The van der Waals surface area contributed by atoms with Crippen molar-refractivity contribution in [1.82, 2.24) is 9.78 Å². The number of aromatic nitrogens is 2. The maximum Gasteiger partial charge on any atom is 0.349 e. The Morgan fingerprint density at radius 2 is 1.57 bits per heavy atom. The number of fused-ring (bicyclic) bond motifs is 3. The van der Waals surface area contributed by atoms with Crippen LogP contribution < -0.4 is 5.63 Å². The van der Waals surface area contributed by atoms with Gasteiger partial charge in [-0.05, 0) is 18.2 Å². The lowest BCUT2D eigenvalue weighted by atomic mass is 9.87. The molecule has 6 rings (SSSR count). The monoisotopic (exact) mass is 392 g/mol. The normalized spacial score (nSPS) is 12.3. The van der Waals surface area contributed by atoms with Gasteiger partial charge in [-0.2, -0.15) is 9.78 Å². The summed E-state index contributed by atoms with van der Waals surface area (Å²) in [4.78, 5) is 38.8. The highest BCUT2D eigenvalue weighted by atomic mass is 16.4. The van der Waals surface area contributed by atoms with Gasteiger partial charge < -0.3 is 4.42 Å². The zero-order valence-corrected chi connectivity index (χ0v) is 15.5. The van der Waals surface area contributed by atoms with Gasteiger partial charge in [0.2, 0.25) is 0 Å². The van der Waals surface area contributed by atoms with Crippen molar-refractivity contribution >= 4 is 33.6 Å². The molecule has 5 aromatic rings. The number of nitrogens with zero attached hydrogens (tertiary/aromatic N) is 2. The molecular formula is C24H12N2O4. The molecule has 2 heterocycles. The molecule has 0 saturated heterocycles. The van der Waals surface area contributed by atoms with Crippen LogP contribution in [0.15, 0.2) is 82.0 Å². The minimum atomic E-state index is -0.730. The first-order chi connectivity index (χ1) is 14.6. The zero-order valence-electron chi connectivity index (χ0n) is 15.5. The molecular weight excluding hydrogens is 380 g/mol. The molecule has 0 unspecified atom stereocenters. The van der Waals surface area contributed by atoms with Gasteiger partial charge in [-0.25, -0.2) is 4.79 Å². The van der Waals surface area contributed by atoms with E-state index in [9.17, 15) is 14.4 Å². The number of para-hydroxylation sites is 1. The molecule has 0 atom stereocenters. The van der Waals surface area contributed by atoms with Crippen LogP contribution in [0, 0.1) is 0 Å². The molecule has 0 saturated carbocycles. The Morgan fingerprint density at radius 3 is 2.43 bits per heavy atom. The van der Waals surface area contributed by atoms with Gasteiger partial charge >= 0.3 is 5.63 Å². The minimum absolute atomic E-state index is 0.110. The average molecular weight is 392 g/mol. The fourth-order valence-corrected chi connectivity index (χ4v) is 4.06. The standard InChI is InChI=1S/C24H12N2O4/c27-22-15-8-3-2-7-14(15)21-20-16(22)9-5-10-18(20)26(25-21)23(28)17-12-13-6-1-4-11-19(13)30-24(17)29/h1-12H. The van der Waals surface area contributed by atoms with Crippen molar-refractivity contribution in [2.45, 2.75) is 0 Å². The molecule has 0 amide bonds. The minimum Gasteiger partial charge on any atom is -0.422 e. The zero-order chi connectivity index (χ0) is 20.4. The summed E-state index contributed by atoms with van der Waals surface area (Å²) in [6, 6.07) is 20.8. The summed E-state index contributed by atoms with van der Waals surface area (Å²) in [5, 5.41) is 5.78. The highest BCUT2D eigenvalue weighted by Crippen LogP contribution is 2.38. The molecule has 0 aliphatic heterocycles. The molecule has 2 aromatic heterocycles. The maximum atomic E-state index is 13.3. The molecule has 0 spiro atoms. The molecule has 0 radical (unpaired) electrons. The molecule has 6 nitrogen and oxygen atoms in total. The van der Waals surface area contributed by atoms with E-state index in [4.69, 9.17) is 4.42 Å². The smallest absolute Gasteiger partial charge is 0.349 e. The molecule has 3 aromatic carbocycles. The van der Waals surface area contributed by atoms with Gasteiger partial charge in [0.25, 0.3) is 5.91 Å². The number of hydrogen-bond acceptors (Lipinski definition) is 5. The number of benzene rings is 3. The summed E-state index contributed by atoms with van der Waals surface area (Å²) in [5.74, 6) is -0.712. The van der Waals surface area contributed by atoms with E-state index in [1.165, 1.54) is 10.7 Å². The Bertz CT molecular complexity index is 1610. The third kappa shape index (κ3) is 2.13. The molecule has 6 heteroatoms. The van der Waals surface area contributed by atoms with Crippen molar-refractivity contribution in [2.75, 3.05) is 0 Å². The third-order valence-electron chi connectivity index (χ3n) is 5.44. The number of ketones is 1. The van der Waals surface area contributed by atoms with Crippen LogP contribution in [0.25, 0.3) is 33.1 Å². The highest BCUT2D eigenvalue weighted by Gasteiger charge is 2.30. The van der Waals surface area contributed by atoms with Gasteiger partial charge in [0.15, 0.2) is 5.78 Å². The van der Waals surface area contributed by atoms with Crippen molar-refractivity contribution in [3.05, 3.63) is 99.9 Å². The number of hydrogen-bond donors (Lipinski definition) is 0. The summed E-state index contributed by atoms with van der Waals surface area (Å²) in [7, 11) is 0. The number of rotatable bonds is 1. The van der Waals surface area contributed by atoms with Gasteiger partial charge in [-0.1, -0.05) is 54.6 Å². The van der Waals surface area contributed by atoms with Gasteiger partial charge in [-0.3, -0.25) is 9.59 Å². The Labute approximate surface area is 169 Å². The fourth-order valence-electron chi connectivity index (χ4n) is 4.06. The predicted octanol–water partition coefficient (Wildman–Crippen LogP) is 4.04. The van der Waals surface area contributed by atoms with Crippen molar-refractivity contribution in [1.29, 1.82) is 0 Å². The van der Waals surface area contributed by atoms with Crippen molar-refractivity contribution in [3.63, 3.8) is 0 Å². The van der Waals surface area contributed by atoms with Crippen molar-refractivity contribution in [2.24, 2.45) is 0 Å². The van der Waals surface area contributed by atoms with E-state index >= 15 is 0 Å². The molecule has 0 bridgehead atoms. The van der Waals surface area contributed by atoms with Crippen LogP contribution in [0.1, 0.15) is 26.3 Å². The third-order valence-corrected chi connectivity index (χ3v) is 5.44. The summed E-state index contributed by atoms with van der Waals surface area (Å²) in [6.45, 7) is 0. The first-order valence-corrected chi connectivity index (χ1v) is 9.37. The van der Waals surface area contributed by atoms with Crippen LogP contribution in [0.3, 0.4) is 0 Å². The van der Waals surface area contributed by atoms with E-state index in [0.29, 0.717) is 44.3 Å². The van der Waals surface area contributed by atoms with Crippen LogP contribution in [0.5, 0.6) is 0 Å². The molecule has 0 fully saturated rings. The molecule has 30 heavy (non-hydrogen) atoms. The second kappa shape index (κ2) is 5.84. The van der Waals surface area contributed by atoms with Crippen LogP contribution >= 0.6 is 0 Å². The fraction of sp³-hybridized carbons (Fsp3) is 0. The van der Waals surface area contributed by atoms with E-state index in [1.807, 2.05) is 12.1 Å². The number of carbonyl (C=O) groups excluding carboxylic acids is 2. The first kappa shape index (κ1) is 16.6. The summed E-state index contributed by atoms with van der Waals surface area (Å²) in [6.07, 6.45) is 0. The first-order valence-electron chi connectivity index (χ1n) is 9.37. The quantitative estimate of drug-likeness (QED) is 0.395. The molecule has 1 aliphatic carbocycles. The van der Waals surface area contributed by atoms with E-state index in [-0.39, 0.29) is 11.3 Å². The SMILES string of the molecule is O=C1c2ccccc2-c2nn(C(=O)c3cc4ccccc4oc3=O)c3cccc1c23. The lowest BCUT2D eigenvalue weighted by molar-refractivity contribution is 0.0946. The van der Waals surface area contributed by atoms with Crippen molar-refractivity contribution < 1.29 is 14.0 Å². The Balaban J connectivity index is 1.64. The van der Waals surface area contributed by atoms with E-state index in [2.05, 4.69) is 5.10 Å². The van der Waals surface area contributed by atoms with Crippen molar-refractivity contribution in [3.8, 4) is 11.3 Å². The van der Waals surface area contributed by atoms with Crippen LogP contribution in [-0.4, -0.2) is 21.5 Å². The Hall–Kier alpha value is -4.32. The van der Waals surface area contributed by atoms with Crippen LogP contribution in [0.4, 0.5) is 0 Å². The van der Waals surface area contributed by atoms with E-state index in [1.54, 1.807) is 54.6 Å². The highest BCUT2D eigenvalue weighted by molar-refractivity contribution is 6.25. The predicted molar refractivity (Wildman–Crippen MR) is 111 cm³/mol. The van der Waals surface area contributed by atoms with Gasteiger partial charge in [-0.15, -0.1) is 0 Å². The lowest BCUT2D eigenvalue weighted by Crippen LogP contribution is -2.21. The summed E-state index contributed by atoms with van der Waals surface area (Å²) in [5.41, 5.74) is 2.29. The van der Waals surface area contributed by atoms with Gasteiger partial charge in [0, 0.05) is 27.5 Å². The Morgan fingerprint density at radius 1 is 0.833 bits per heavy atom. The molecule has 0 N–H and O–H groups in total. The second-order valence-corrected chi connectivity index (χ2v) is 7.13. The second-order valence-electron chi connectivity index (χ2n) is 7.13. The summed E-state index contributed by atoms with van der Waals surface area (Å²) >= 11 is 0. The van der Waals surface area contributed by atoms with E-state index < -0.39 is 11.5 Å². The molecule has 1 aliphatic rings. The largest absolute Gasteiger partial charge is 0.422 e. The van der Waals surface area contributed by atoms with Crippen LogP contribution in [-0.2, 0) is 0 Å². The average Bonchev–Trinajstić information content (AvgIpc) is 3.17. The number of carbonyl (C=O) groups is 2. The Kier molecular flexibility index (Phi) is 3.23. The lowest BCUT2D eigenvalue weighted by Gasteiger charge is -2.13. The maximum absolute atomic E-state index is 13.3.